The fourth-order valence-corrected chi connectivity index (χ4v) is 5.66. The molecule has 130 valence electrons. The third-order valence-corrected chi connectivity index (χ3v) is 7.16. The molecule has 4 rings (SSSR count). The van der Waals surface area contributed by atoms with Gasteiger partial charge in [0, 0.05) is 11.1 Å². The Hall–Kier alpha value is -0.800. The lowest BCUT2D eigenvalue weighted by Crippen LogP contribution is -2.37. The van der Waals surface area contributed by atoms with Gasteiger partial charge in [0.2, 0.25) is 0 Å². The second kappa shape index (κ2) is 7.44. The van der Waals surface area contributed by atoms with Gasteiger partial charge in [0.1, 0.15) is 0 Å². The van der Waals surface area contributed by atoms with Gasteiger partial charge in [-0.3, -0.25) is 9.69 Å². The number of nitrogens with zero attached hydrogens (tertiary/aromatic N) is 2. The van der Waals surface area contributed by atoms with E-state index in [0.29, 0.717) is 11.4 Å². The van der Waals surface area contributed by atoms with Gasteiger partial charge in [-0.2, -0.15) is 0 Å². The van der Waals surface area contributed by atoms with Crippen molar-refractivity contribution < 1.29 is 9.53 Å². The summed E-state index contributed by atoms with van der Waals surface area (Å²) in [5.74, 6) is -0.0238. The molecule has 1 fully saturated rings. The summed E-state index contributed by atoms with van der Waals surface area (Å²) in [6, 6.07) is 9.72. The van der Waals surface area contributed by atoms with E-state index < -0.39 is 0 Å². The highest BCUT2D eigenvalue weighted by Crippen LogP contribution is 2.33. The smallest absolute Gasteiger partial charge is 0.270 e. The molecule has 4 nitrogen and oxygen atoms in total. The van der Waals surface area contributed by atoms with Gasteiger partial charge < -0.3 is 4.74 Å². The lowest BCUT2D eigenvalue weighted by molar-refractivity contribution is 0.0920. The minimum absolute atomic E-state index is 0.0238. The number of fused-ring (bicyclic) bond motifs is 1. The van der Waals surface area contributed by atoms with E-state index in [4.69, 9.17) is 4.74 Å². The van der Waals surface area contributed by atoms with Crippen molar-refractivity contribution in [2.24, 2.45) is 0 Å². The highest BCUT2D eigenvalue weighted by Gasteiger charge is 2.27. The SMILES string of the molecule is O=C(c1ccc(Br)s1)N(CC1CCCO1)c1nc2ccc(Br)cc2s1. The van der Waals surface area contributed by atoms with Crippen molar-refractivity contribution in [3.8, 4) is 0 Å². The Morgan fingerprint density at radius 2 is 2.16 bits per heavy atom. The molecule has 1 aliphatic rings. The molecule has 0 radical (unpaired) electrons. The summed E-state index contributed by atoms with van der Waals surface area (Å²) in [7, 11) is 0. The van der Waals surface area contributed by atoms with E-state index in [9.17, 15) is 4.79 Å². The molecule has 1 amide bonds. The van der Waals surface area contributed by atoms with Crippen LogP contribution in [-0.2, 0) is 4.74 Å². The zero-order chi connectivity index (χ0) is 17.4. The predicted molar refractivity (Wildman–Crippen MR) is 110 cm³/mol. The van der Waals surface area contributed by atoms with Crippen LogP contribution in [0.5, 0.6) is 0 Å². The van der Waals surface area contributed by atoms with Crippen molar-refractivity contribution in [2.75, 3.05) is 18.1 Å². The lowest BCUT2D eigenvalue weighted by Gasteiger charge is -2.22. The van der Waals surface area contributed by atoms with E-state index in [2.05, 4.69) is 36.8 Å². The standard InChI is InChI=1S/C17H14Br2N2O2S2/c18-10-3-4-12-14(8-10)25-17(20-12)21(9-11-2-1-7-23-11)16(22)13-5-6-15(19)24-13/h3-6,8,11H,1-2,7,9H2. The first-order chi connectivity index (χ1) is 12.1. The van der Waals surface area contributed by atoms with Crippen LogP contribution in [0.25, 0.3) is 10.2 Å². The fraction of sp³-hybridized carbons (Fsp3) is 0.294. The van der Waals surface area contributed by atoms with Crippen LogP contribution in [-0.4, -0.2) is 30.1 Å². The van der Waals surface area contributed by atoms with Gasteiger partial charge in [0.25, 0.3) is 5.91 Å². The lowest BCUT2D eigenvalue weighted by atomic mass is 10.2. The number of amides is 1. The summed E-state index contributed by atoms with van der Waals surface area (Å²) in [5.41, 5.74) is 0.903. The van der Waals surface area contributed by atoms with Crippen molar-refractivity contribution in [1.82, 2.24) is 4.98 Å². The van der Waals surface area contributed by atoms with Gasteiger partial charge in [-0.05, 0) is 59.1 Å². The summed E-state index contributed by atoms with van der Waals surface area (Å²) in [6.07, 6.45) is 2.10. The van der Waals surface area contributed by atoms with E-state index in [-0.39, 0.29) is 12.0 Å². The molecule has 0 bridgehead atoms. The zero-order valence-electron chi connectivity index (χ0n) is 13.1. The number of hydrogen-bond donors (Lipinski definition) is 0. The maximum absolute atomic E-state index is 13.1. The van der Waals surface area contributed by atoms with Crippen molar-refractivity contribution in [3.63, 3.8) is 0 Å². The van der Waals surface area contributed by atoms with Crippen molar-refractivity contribution in [3.05, 3.63) is 43.5 Å². The monoisotopic (exact) mass is 500 g/mol. The van der Waals surface area contributed by atoms with E-state index in [1.165, 1.54) is 22.7 Å². The molecule has 3 aromatic rings. The van der Waals surface area contributed by atoms with Crippen LogP contribution in [0.2, 0.25) is 0 Å². The van der Waals surface area contributed by atoms with Gasteiger partial charge in [0.05, 0.1) is 31.5 Å². The fourth-order valence-electron chi connectivity index (χ4n) is 2.80. The van der Waals surface area contributed by atoms with Crippen LogP contribution >= 0.6 is 54.5 Å². The maximum atomic E-state index is 13.1. The third-order valence-electron chi connectivity index (χ3n) is 4.01. The molecule has 1 aliphatic heterocycles. The van der Waals surface area contributed by atoms with Gasteiger partial charge in [-0.15, -0.1) is 11.3 Å². The number of benzene rings is 1. The first-order valence-electron chi connectivity index (χ1n) is 7.85. The quantitative estimate of drug-likeness (QED) is 0.459. The highest BCUT2D eigenvalue weighted by atomic mass is 79.9. The van der Waals surface area contributed by atoms with Crippen molar-refractivity contribution in [1.29, 1.82) is 0 Å². The zero-order valence-corrected chi connectivity index (χ0v) is 17.9. The Kier molecular flexibility index (Phi) is 5.24. The Bertz CT molecular complexity index is 918. The van der Waals surface area contributed by atoms with Crippen molar-refractivity contribution in [2.45, 2.75) is 18.9 Å². The number of rotatable bonds is 4. The number of anilines is 1. The van der Waals surface area contributed by atoms with Crippen LogP contribution in [0.4, 0.5) is 5.13 Å². The van der Waals surface area contributed by atoms with Crippen LogP contribution in [0.15, 0.2) is 38.6 Å². The second-order valence-corrected chi connectivity index (χ2v) is 10.2. The van der Waals surface area contributed by atoms with Crippen LogP contribution in [0.3, 0.4) is 0 Å². The predicted octanol–water partition coefficient (Wildman–Crippen LogP) is 5.71. The summed E-state index contributed by atoms with van der Waals surface area (Å²) >= 11 is 9.90. The average Bonchev–Trinajstić information content (AvgIpc) is 3.31. The Morgan fingerprint density at radius 1 is 1.28 bits per heavy atom. The van der Waals surface area contributed by atoms with Gasteiger partial charge >= 0.3 is 0 Å². The Balaban J connectivity index is 1.70. The second-order valence-electron chi connectivity index (χ2n) is 5.76. The number of hydrogen-bond acceptors (Lipinski definition) is 5. The van der Waals surface area contributed by atoms with Gasteiger partial charge in [0.15, 0.2) is 5.13 Å². The van der Waals surface area contributed by atoms with Gasteiger partial charge in [-0.1, -0.05) is 27.3 Å². The number of aromatic nitrogens is 1. The normalized spacial score (nSPS) is 17.3. The molecule has 0 aliphatic carbocycles. The van der Waals surface area contributed by atoms with E-state index in [0.717, 1.165) is 43.1 Å². The molecule has 0 N–H and O–H groups in total. The number of carbonyl (C=O) groups excluding carboxylic acids is 1. The number of thiazole rings is 1. The number of thiophene rings is 1. The molecule has 0 spiro atoms. The summed E-state index contributed by atoms with van der Waals surface area (Å²) in [4.78, 5) is 20.3. The molecule has 1 atom stereocenters. The molecule has 8 heteroatoms. The minimum Gasteiger partial charge on any atom is -0.376 e. The largest absolute Gasteiger partial charge is 0.376 e. The molecule has 2 aromatic heterocycles. The maximum Gasteiger partial charge on any atom is 0.270 e. The number of carbonyl (C=O) groups is 1. The third kappa shape index (κ3) is 3.83. The van der Waals surface area contributed by atoms with Crippen LogP contribution in [0, 0.1) is 0 Å². The molecule has 1 saturated heterocycles. The summed E-state index contributed by atoms with van der Waals surface area (Å²) < 4.78 is 8.77. The number of ether oxygens (including phenoxy) is 1. The Morgan fingerprint density at radius 3 is 2.88 bits per heavy atom. The summed E-state index contributed by atoms with van der Waals surface area (Å²) in [6.45, 7) is 1.30. The first kappa shape index (κ1) is 17.6. The molecule has 1 aromatic carbocycles. The topological polar surface area (TPSA) is 42.4 Å². The van der Waals surface area contributed by atoms with Crippen LogP contribution < -0.4 is 4.90 Å². The van der Waals surface area contributed by atoms with E-state index in [1.54, 1.807) is 4.90 Å². The summed E-state index contributed by atoms with van der Waals surface area (Å²) in [5, 5.41) is 0.720. The molecule has 25 heavy (non-hydrogen) atoms. The molecular formula is C17H14Br2N2O2S2. The van der Waals surface area contributed by atoms with Crippen molar-refractivity contribution >= 4 is 75.8 Å². The Labute approximate surface area is 170 Å². The number of halogens is 2. The average molecular weight is 502 g/mol. The molecular weight excluding hydrogens is 488 g/mol. The molecule has 1 unspecified atom stereocenters. The minimum atomic E-state index is -0.0238. The van der Waals surface area contributed by atoms with Gasteiger partial charge in [-0.25, -0.2) is 4.98 Å². The molecule has 0 saturated carbocycles. The first-order valence-corrected chi connectivity index (χ1v) is 11.1. The van der Waals surface area contributed by atoms with E-state index in [1.807, 2.05) is 30.3 Å². The molecule has 3 heterocycles. The van der Waals surface area contributed by atoms with Crippen LogP contribution in [0.1, 0.15) is 22.5 Å². The van der Waals surface area contributed by atoms with E-state index >= 15 is 0 Å². The highest BCUT2D eigenvalue weighted by molar-refractivity contribution is 9.11.